The van der Waals surface area contributed by atoms with Crippen LogP contribution < -0.4 is 21.1 Å². The smallest absolute Gasteiger partial charge is 0.408 e. The first-order chi connectivity index (χ1) is 33.8. The summed E-state index contributed by atoms with van der Waals surface area (Å²) in [6, 6.07) is 12.7. The van der Waals surface area contributed by atoms with E-state index in [9.17, 15) is 24.4 Å². The average Bonchev–Trinajstić information content (AvgIpc) is 3.74. The van der Waals surface area contributed by atoms with Gasteiger partial charge in [-0.25, -0.2) is 34.0 Å². The summed E-state index contributed by atoms with van der Waals surface area (Å²) in [5, 5.41) is 16.4. The fourth-order valence-electron chi connectivity index (χ4n) is 6.80. The predicted octanol–water partition coefficient (Wildman–Crippen LogP) is 10.4. The number of esters is 2. The van der Waals surface area contributed by atoms with E-state index in [1.807, 2.05) is 0 Å². The Morgan fingerprint density at radius 3 is 1.79 bits per heavy atom. The molecule has 2 amide bonds. The lowest BCUT2D eigenvalue weighted by Crippen LogP contribution is -2.54. The van der Waals surface area contributed by atoms with E-state index in [2.05, 4.69) is 31.5 Å². The number of amides is 2. The predicted molar refractivity (Wildman–Crippen MR) is 275 cm³/mol. The van der Waals surface area contributed by atoms with Crippen molar-refractivity contribution < 1.29 is 56.8 Å². The number of nitrogens with zero attached hydrogens (tertiary/aromatic N) is 4. The Balaban J connectivity index is 1.64. The van der Waals surface area contributed by atoms with Crippen LogP contribution in [0.25, 0.3) is 27.4 Å². The van der Waals surface area contributed by atoms with E-state index in [0.29, 0.717) is 22.2 Å². The third kappa shape index (κ3) is 19.1. The van der Waals surface area contributed by atoms with E-state index in [-0.39, 0.29) is 39.2 Å². The summed E-state index contributed by atoms with van der Waals surface area (Å²) in [7, 11) is 0. The number of nitrogens with one attached hydrogen (secondary N) is 2. The summed E-state index contributed by atoms with van der Waals surface area (Å²) in [4.78, 5) is 66.6. The molecule has 0 unspecified atom stereocenters. The Kier molecular flexibility index (Phi) is 20.1. The lowest BCUT2D eigenvalue weighted by atomic mass is 10.00. The second-order valence-corrected chi connectivity index (χ2v) is 22.1. The molecule has 0 fully saturated rings. The largest absolute Gasteiger partial charge is 0.490 e. The average molecular weight is 1050 g/mol. The fourth-order valence-corrected chi connectivity index (χ4v) is 7.79. The van der Waals surface area contributed by atoms with E-state index >= 15 is 0 Å². The molecular formula is C52H66ClN7O12S. The lowest BCUT2D eigenvalue weighted by molar-refractivity contribution is -0.170. The normalized spacial score (nSPS) is 14.0. The molecule has 2 aromatic carbocycles. The standard InChI is InChI=1S/C52H66ClN7O12S/c1-29(69-49(3,4)5)39(58-47(63)71-51(9,10)11)45(61)67-27-36(68-46(62)40(30(2)70-50(6,7)8)59-48(64)72-52(12,13)14)26-65-35-22-18-31(19-23-35)38-37(24-54)44(60-42(55)41(38)56-15)73-28-34-25-66-43(57-34)32-16-20-33(53)21-17-32/h16-23,25,29-30,36,39-40H,26-28H2,1-14H3,(H2,55,60)(H,58,63)(H,59,64)/t29-,30-,36+,39+,40+/m1/s1. The van der Waals surface area contributed by atoms with Crippen LogP contribution in [0.3, 0.4) is 0 Å². The molecule has 2 aromatic heterocycles. The van der Waals surface area contributed by atoms with E-state index in [1.54, 1.807) is 145 Å². The first-order valence-corrected chi connectivity index (χ1v) is 24.6. The third-order valence-corrected chi connectivity index (χ3v) is 10.8. The van der Waals surface area contributed by atoms with Crippen molar-refractivity contribution in [3.05, 3.63) is 82.5 Å². The SMILES string of the molecule is [C-]#[N+]c1c(N)nc(SCc2coc(-c3ccc(Cl)cc3)n2)c(C#N)c1-c1ccc(OC[C@@H](COC(=O)[C@@H](NC(=O)OC(C)(C)C)[C@@H](C)OC(C)(C)C)OC(=O)[C@@H](NC(=O)OC(C)(C)C)[C@@H](C)OC(C)(C)C)cc1. The highest BCUT2D eigenvalue weighted by molar-refractivity contribution is 7.98. The minimum absolute atomic E-state index is 0.0317. The maximum atomic E-state index is 14.1. The Bertz CT molecular complexity index is 2640. The third-order valence-electron chi connectivity index (χ3n) is 9.53. The van der Waals surface area contributed by atoms with Gasteiger partial charge in [-0.2, -0.15) is 5.26 Å². The number of rotatable bonds is 19. The maximum absolute atomic E-state index is 14.1. The number of carbonyl (C=O) groups is 4. The Morgan fingerprint density at radius 1 is 0.781 bits per heavy atom. The number of hydrogen-bond donors (Lipinski definition) is 3. The van der Waals surface area contributed by atoms with Gasteiger partial charge in [0.15, 0.2) is 18.2 Å². The number of ether oxygens (including phenoxy) is 7. The van der Waals surface area contributed by atoms with Crippen LogP contribution in [0, 0.1) is 17.9 Å². The molecule has 21 heteroatoms. The molecule has 4 rings (SSSR count). The number of halogens is 1. The zero-order chi connectivity index (χ0) is 54.6. The fraction of sp³-hybridized carbons (Fsp3) is 0.500. The molecule has 0 spiro atoms. The molecule has 4 aromatic rings. The van der Waals surface area contributed by atoms with E-state index < -0.39 is 90.1 Å². The van der Waals surface area contributed by atoms with Gasteiger partial charge in [0.2, 0.25) is 11.6 Å². The van der Waals surface area contributed by atoms with Crippen molar-refractivity contribution in [1.82, 2.24) is 20.6 Å². The Hall–Kier alpha value is -6.58. The van der Waals surface area contributed by atoms with E-state index in [4.69, 9.17) is 61.5 Å². The minimum atomic E-state index is -1.42. The molecule has 0 aliphatic heterocycles. The topological polar surface area (TPSA) is 250 Å². The van der Waals surface area contributed by atoms with Gasteiger partial charge in [0.1, 0.15) is 53.3 Å². The number of benzene rings is 2. The molecule has 2 heterocycles. The van der Waals surface area contributed by atoms with Crippen molar-refractivity contribution in [2.45, 2.75) is 161 Å². The summed E-state index contributed by atoms with van der Waals surface area (Å²) in [5.41, 5.74) is 5.07. The zero-order valence-electron chi connectivity index (χ0n) is 43.8. The summed E-state index contributed by atoms with van der Waals surface area (Å²) >= 11 is 7.22. The number of anilines is 1. The van der Waals surface area contributed by atoms with Gasteiger partial charge in [0.05, 0.1) is 41.2 Å². The number of oxazole rings is 1. The first-order valence-electron chi connectivity index (χ1n) is 23.2. The van der Waals surface area contributed by atoms with Crippen LogP contribution in [0.5, 0.6) is 5.75 Å². The number of nitrogen functional groups attached to an aromatic ring is 1. The van der Waals surface area contributed by atoms with Gasteiger partial charge in [-0.05, 0) is 139 Å². The molecule has 0 aliphatic rings. The van der Waals surface area contributed by atoms with Gasteiger partial charge < -0.3 is 53.9 Å². The number of hydrogen-bond acceptors (Lipinski definition) is 17. The van der Waals surface area contributed by atoms with Gasteiger partial charge in [-0.3, -0.25) is 0 Å². The van der Waals surface area contributed by atoms with Crippen molar-refractivity contribution >= 4 is 59.0 Å². The highest BCUT2D eigenvalue weighted by atomic mass is 35.5. The van der Waals surface area contributed by atoms with E-state index in [1.165, 1.54) is 18.0 Å². The number of alkyl carbamates (subject to hydrolysis) is 2. The van der Waals surface area contributed by atoms with Crippen molar-refractivity contribution in [3.63, 3.8) is 0 Å². The van der Waals surface area contributed by atoms with Gasteiger partial charge >= 0.3 is 24.1 Å². The van der Waals surface area contributed by atoms with Crippen molar-refractivity contribution in [2.75, 3.05) is 18.9 Å². The molecule has 19 nitrogen and oxygen atoms in total. The van der Waals surface area contributed by atoms with Gasteiger partial charge in [0, 0.05) is 21.9 Å². The number of thioether (sulfide) groups is 1. The summed E-state index contributed by atoms with van der Waals surface area (Å²) < 4.78 is 46.4. The van der Waals surface area contributed by atoms with Gasteiger partial charge in [0.25, 0.3) is 0 Å². The summed E-state index contributed by atoms with van der Waals surface area (Å²) in [5.74, 6) is -1.12. The van der Waals surface area contributed by atoms with Crippen molar-refractivity contribution in [1.29, 1.82) is 5.26 Å². The molecule has 0 radical (unpaired) electrons. The van der Waals surface area contributed by atoms with Crippen LogP contribution in [-0.2, 0) is 43.8 Å². The maximum Gasteiger partial charge on any atom is 0.408 e. The van der Waals surface area contributed by atoms with Crippen LogP contribution in [0.15, 0.2) is 64.2 Å². The minimum Gasteiger partial charge on any atom is -0.490 e. The second-order valence-electron chi connectivity index (χ2n) is 20.7. The molecule has 0 saturated carbocycles. The molecular weight excluding hydrogens is 982 g/mol. The Labute approximate surface area is 436 Å². The number of nitriles is 1. The molecule has 4 N–H and O–H groups in total. The molecule has 5 atom stereocenters. The summed E-state index contributed by atoms with van der Waals surface area (Å²) in [6.07, 6.45) is -3.53. The first kappa shape index (κ1) is 59.0. The highest BCUT2D eigenvalue weighted by Gasteiger charge is 2.37. The monoisotopic (exact) mass is 1050 g/mol. The number of carbonyl (C=O) groups excluding carboxylic acids is 4. The van der Waals surface area contributed by atoms with E-state index in [0.717, 1.165) is 5.56 Å². The molecule has 0 bridgehead atoms. The van der Waals surface area contributed by atoms with Crippen LogP contribution >= 0.6 is 23.4 Å². The highest BCUT2D eigenvalue weighted by Crippen LogP contribution is 2.42. The lowest BCUT2D eigenvalue weighted by Gasteiger charge is -2.32. The molecule has 0 saturated heterocycles. The van der Waals surface area contributed by atoms with Crippen LogP contribution in [0.2, 0.25) is 5.02 Å². The molecule has 73 heavy (non-hydrogen) atoms. The Morgan fingerprint density at radius 2 is 1.30 bits per heavy atom. The van der Waals surface area contributed by atoms with Crippen LogP contribution in [0.1, 0.15) is 108 Å². The molecule has 394 valence electrons. The van der Waals surface area contributed by atoms with Crippen LogP contribution in [0.4, 0.5) is 21.1 Å². The van der Waals surface area contributed by atoms with Crippen LogP contribution in [-0.4, -0.2) is 100 Å². The quantitative estimate of drug-likeness (QED) is 0.0342. The molecule has 0 aliphatic carbocycles. The second kappa shape index (κ2) is 24.9. The number of nitrogens with two attached hydrogens (primary N) is 1. The van der Waals surface area contributed by atoms with Crippen molar-refractivity contribution in [2.24, 2.45) is 0 Å². The number of aromatic nitrogens is 2. The summed E-state index contributed by atoms with van der Waals surface area (Å²) in [6.45, 7) is 30.8. The number of pyridine rings is 1. The van der Waals surface area contributed by atoms with Gasteiger partial charge in [-0.15, -0.1) is 0 Å². The zero-order valence-corrected chi connectivity index (χ0v) is 45.3. The van der Waals surface area contributed by atoms with Gasteiger partial charge in [-0.1, -0.05) is 35.5 Å². The van der Waals surface area contributed by atoms with Crippen molar-refractivity contribution in [3.8, 4) is 34.4 Å².